The summed E-state index contributed by atoms with van der Waals surface area (Å²) in [5, 5.41) is 3.46. The van der Waals surface area contributed by atoms with Crippen LogP contribution in [0.25, 0.3) is 0 Å². The van der Waals surface area contributed by atoms with E-state index in [4.69, 9.17) is 4.74 Å². The highest BCUT2D eigenvalue weighted by atomic mass is 32.2. The van der Waals surface area contributed by atoms with E-state index in [1.807, 2.05) is 45.8 Å². The number of carbonyl (C=O) groups excluding carboxylic acids is 1. The van der Waals surface area contributed by atoms with Crippen LogP contribution in [0, 0.1) is 0 Å². The molecule has 0 bridgehead atoms. The van der Waals surface area contributed by atoms with Crippen LogP contribution in [0.2, 0.25) is 0 Å². The van der Waals surface area contributed by atoms with Crippen molar-refractivity contribution in [3.05, 3.63) is 18.2 Å². The summed E-state index contributed by atoms with van der Waals surface area (Å²) in [7, 11) is 0. The van der Waals surface area contributed by atoms with Crippen molar-refractivity contribution in [3.63, 3.8) is 0 Å². The monoisotopic (exact) mass is 313 g/mol. The summed E-state index contributed by atoms with van der Waals surface area (Å²) in [5.41, 5.74) is 0.506. The van der Waals surface area contributed by atoms with E-state index < -0.39 is 11.7 Å². The maximum atomic E-state index is 11.8. The Morgan fingerprint density at radius 1 is 1.48 bits per heavy atom. The molecule has 0 radical (unpaired) electrons. The highest BCUT2D eigenvalue weighted by Gasteiger charge is 2.19. The van der Waals surface area contributed by atoms with Gasteiger partial charge in [0.05, 0.1) is 24.3 Å². The maximum Gasteiger partial charge on any atom is 0.408 e. The average molecular weight is 313 g/mol. The Morgan fingerprint density at radius 2 is 2.14 bits per heavy atom. The van der Waals surface area contributed by atoms with Crippen LogP contribution < -0.4 is 5.32 Å². The van der Waals surface area contributed by atoms with Gasteiger partial charge in [0.15, 0.2) is 0 Å². The molecule has 0 saturated heterocycles. The fourth-order valence-corrected chi connectivity index (χ4v) is 2.22. The van der Waals surface area contributed by atoms with Crippen molar-refractivity contribution in [1.29, 1.82) is 0 Å². The van der Waals surface area contributed by atoms with Gasteiger partial charge in [-0.3, -0.25) is 0 Å². The molecule has 1 heterocycles. The molecule has 1 N–H and O–H groups in total. The number of rotatable bonds is 6. The van der Waals surface area contributed by atoms with E-state index in [1.54, 1.807) is 6.20 Å². The average Bonchev–Trinajstić information content (AvgIpc) is 2.81. The van der Waals surface area contributed by atoms with Crippen LogP contribution in [-0.2, 0) is 11.3 Å². The molecule has 0 saturated carbocycles. The number of imidazole rings is 1. The van der Waals surface area contributed by atoms with Crippen molar-refractivity contribution in [1.82, 2.24) is 14.9 Å². The van der Waals surface area contributed by atoms with Gasteiger partial charge in [-0.1, -0.05) is 6.92 Å². The Hall–Kier alpha value is -1.17. The summed E-state index contributed by atoms with van der Waals surface area (Å²) in [6, 6.07) is -0.132. The second-order valence-electron chi connectivity index (χ2n) is 6.21. The van der Waals surface area contributed by atoms with Gasteiger partial charge in [-0.15, -0.1) is 0 Å². The van der Waals surface area contributed by atoms with Gasteiger partial charge >= 0.3 is 6.09 Å². The molecule has 1 aromatic rings. The second kappa shape index (κ2) is 7.73. The molecule has 0 aliphatic heterocycles. The predicted octanol–water partition coefficient (Wildman–Crippen LogP) is 3.61. The van der Waals surface area contributed by atoms with Crippen molar-refractivity contribution in [2.75, 3.05) is 6.26 Å². The lowest BCUT2D eigenvalue weighted by atomic mass is 10.2. The molecule has 5 nitrogen and oxygen atoms in total. The second-order valence-corrected chi connectivity index (χ2v) is 7.49. The van der Waals surface area contributed by atoms with Crippen molar-refractivity contribution >= 4 is 17.9 Å². The molecule has 0 aliphatic rings. The van der Waals surface area contributed by atoms with Gasteiger partial charge in [-0.2, -0.15) is 11.8 Å². The molecule has 120 valence electrons. The zero-order valence-corrected chi connectivity index (χ0v) is 14.7. The van der Waals surface area contributed by atoms with Crippen LogP contribution in [0.1, 0.15) is 52.8 Å². The van der Waals surface area contributed by atoms with E-state index in [0.717, 1.165) is 18.7 Å². The topological polar surface area (TPSA) is 56.2 Å². The quantitative estimate of drug-likeness (QED) is 0.871. The summed E-state index contributed by atoms with van der Waals surface area (Å²) in [4.78, 5) is 16.0. The Labute approximate surface area is 131 Å². The minimum absolute atomic E-state index is 0.132. The van der Waals surface area contributed by atoms with Crippen molar-refractivity contribution in [2.45, 2.75) is 64.5 Å². The van der Waals surface area contributed by atoms with Gasteiger partial charge in [-0.05, 0) is 40.4 Å². The Morgan fingerprint density at radius 3 is 2.71 bits per heavy atom. The molecule has 0 fully saturated rings. The lowest BCUT2D eigenvalue weighted by molar-refractivity contribution is 0.0506. The van der Waals surface area contributed by atoms with E-state index in [0.29, 0.717) is 5.25 Å². The number of hydrogen-bond acceptors (Lipinski definition) is 4. The standard InChI is InChI=1S/C15H27N3O2S/c1-11(21-6)7-8-18-10-16-9-13(18)12(2)17-14(19)20-15(3,4)5/h9-12H,7-8H2,1-6H3,(H,17,19)/t11?,12-/m1/s1. The number of hydrogen-bond donors (Lipinski definition) is 1. The molecule has 1 amide bonds. The zero-order valence-electron chi connectivity index (χ0n) is 13.8. The molecule has 0 spiro atoms. The molecule has 1 rings (SSSR count). The fraction of sp³-hybridized carbons (Fsp3) is 0.733. The summed E-state index contributed by atoms with van der Waals surface area (Å²) < 4.78 is 7.37. The third-order valence-corrected chi connectivity index (χ3v) is 4.14. The van der Waals surface area contributed by atoms with Gasteiger partial charge in [-0.25, -0.2) is 9.78 Å². The minimum atomic E-state index is -0.488. The molecule has 1 aromatic heterocycles. The number of aromatic nitrogens is 2. The zero-order chi connectivity index (χ0) is 16.0. The number of nitrogens with zero attached hydrogens (tertiary/aromatic N) is 2. The van der Waals surface area contributed by atoms with Crippen LogP contribution in [0.3, 0.4) is 0 Å². The summed E-state index contributed by atoms with van der Waals surface area (Å²) >= 11 is 1.85. The first-order valence-electron chi connectivity index (χ1n) is 7.25. The number of carbonyl (C=O) groups is 1. The van der Waals surface area contributed by atoms with Gasteiger partial charge in [0.2, 0.25) is 0 Å². The van der Waals surface area contributed by atoms with E-state index in [-0.39, 0.29) is 6.04 Å². The minimum Gasteiger partial charge on any atom is -0.444 e. The third kappa shape index (κ3) is 6.42. The van der Waals surface area contributed by atoms with E-state index >= 15 is 0 Å². The Balaban J connectivity index is 2.60. The molecule has 2 atom stereocenters. The highest BCUT2D eigenvalue weighted by molar-refractivity contribution is 7.99. The third-order valence-electron chi connectivity index (χ3n) is 3.10. The van der Waals surface area contributed by atoms with Gasteiger partial charge < -0.3 is 14.6 Å². The van der Waals surface area contributed by atoms with Crippen LogP contribution in [0.15, 0.2) is 12.5 Å². The molecule has 0 aromatic carbocycles. The predicted molar refractivity (Wildman–Crippen MR) is 87.6 cm³/mol. The SMILES string of the molecule is CSC(C)CCn1cncc1[C@@H](C)NC(=O)OC(C)(C)C. The van der Waals surface area contributed by atoms with Crippen molar-refractivity contribution < 1.29 is 9.53 Å². The molecular weight excluding hydrogens is 286 g/mol. The Bertz CT molecular complexity index is 454. The first kappa shape index (κ1) is 17.9. The lowest BCUT2D eigenvalue weighted by Crippen LogP contribution is -2.34. The van der Waals surface area contributed by atoms with Crippen LogP contribution in [-0.4, -0.2) is 32.8 Å². The summed E-state index contributed by atoms with van der Waals surface area (Å²) in [5.74, 6) is 0. The smallest absolute Gasteiger partial charge is 0.408 e. The number of thioether (sulfide) groups is 1. The molecule has 21 heavy (non-hydrogen) atoms. The number of amides is 1. The van der Waals surface area contributed by atoms with Crippen LogP contribution >= 0.6 is 11.8 Å². The summed E-state index contributed by atoms with van der Waals surface area (Å²) in [6.45, 7) is 10.6. The normalized spacial score (nSPS) is 14.6. The van der Waals surface area contributed by atoms with Gasteiger partial charge in [0, 0.05) is 11.8 Å². The lowest BCUT2D eigenvalue weighted by Gasteiger charge is -2.22. The molecule has 0 aliphatic carbocycles. The number of alkyl carbamates (subject to hydrolysis) is 1. The van der Waals surface area contributed by atoms with E-state index in [1.165, 1.54) is 0 Å². The van der Waals surface area contributed by atoms with Gasteiger partial charge in [0.25, 0.3) is 0 Å². The molecule has 1 unspecified atom stereocenters. The molecular formula is C15H27N3O2S. The highest BCUT2D eigenvalue weighted by Crippen LogP contribution is 2.16. The van der Waals surface area contributed by atoms with E-state index in [2.05, 4.69) is 28.0 Å². The van der Waals surface area contributed by atoms with Gasteiger partial charge in [0.1, 0.15) is 5.60 Å². The van der Waals surface area contributed by atoms with Crippen LogP contribution in [0.4, 0.5) is 4.79 Å². The Kier molecular flexibility index (Phi) is 6.58. The largest absolute Gasteiger partial charge is 0.444 e. The molecule has 6 heteroatoms. The number of aryl methyl sites for hydroxylation is 1. The van der Waals surface area contributed by atoms with Crippen LogP contribution in [0.5, 0.6) is 0 Å². The first-order chi connectivity index (χ1) is 9.73. The van der Waals surface area contributed by atoms with Crippen molar-refractivity contribution in [2.24, 2.45) is 0 Å². The maximum absolute atomic E-state index is 11.8. The fourth-order valence-electron chi connectivity index (χ4n) is 1.88. The number of ether oxygens (including phenoxy) is 1. The number of nitrogens with one attached hydrogen (secondary N) is 1. The first-order valence-corrected chi connectivity index (χ1v) is 8.54. The van der Waals surface area contributed by atoms with E-state index in [9.17, 15) is 4.79 Å². The van der Waals surface area contributed by atoms with Crippen molar-refractivity contribution in [3.8, 4) is 0 Å². The summed E-state index contributed by atoms with van der Waals surface area (Å²) in [6.07, 6.45) is 6.40.